The quantitative estimate of drug-likeness (QED) is 0.935. The summed E-state index contributed by atoms with van der Waals surface area (Å²) >= 11 is 1.73. The second kappa shape index (κ2) is 5.43. The van der Waals surface area contributed by atoms with Crippen molar-refractivity contribution in [1.82, 2.24) is 20.1 Å². The van der Waals surface area contributed by atoms with Crippen LogP contribution in [-0.4, -0.2) is 14.8 Å². The van der Waals surface area contributed by atoms with Crippen molar-refractivity contribution >= 4 is 11.3 Å². The Labute approximate surface area is 118 Å². The Morgan fingerprint density at radius 1 is 1.32 bits per heavy atom. The lowest BCUT2D eigenvalue weighted by Crippen LogP contribution is -2.15. The molecule has 0 unspecified atom stereocenters. The summed E-state index contributed by atoms with van der Waals surface area (Å²) in [6, 6.07) is 0. The average molecular weight is 278 g/mol. The van der Waals surface area contributed by atoms with Crippen molar-refractivity contribution in [2.45, 2.75) is 46.2 Å². The fourth-order valence-electron chi connectivity index (χ4n) is 1.76. The van der Waals surface area contributed by atoms with Crippen molar-refractivity contribution in [1.29, 1.82) is 0 Å². The van der Waals surface area contributed by atoms with Crippen molar-refractivity contribution < 1.29 is 0 Å². The van der Waals surface area contributed by atoms with Crippen LogP contribution in [0.3, 0.4) is 0 Å². The fraction of sp³-hybridized carbons (Fsp3) is 0.571. The van der Waals surface area contributed by atoms with Crippen LogP contribution < -0.4 is 5.32 Å². The van der Waals surface area contributed by atoms with Gasteiger partial charge in [-0.1, -0.05) is 20.8 Å². The standard InChI is InChI=1S/C14H22N4S/c1-10-11(7-16-18(10)5)6-15-8-13-17-12(9-19-13)14(2,3)4/h7,9,15H,6,8H2,1-5H3. The Bertz CT molecular complexity index is 548. The minimum atomic E-state index is 0.134. The summed E-state index contributed by atoms with van der Waals surface area (Å²) in [6.07, 6.45) is 1.92. The number of hydrogen-bond donors (Lipinski definition) is 1. The van der Waals surface area contributed by atoms with Crippen LogP contribution in [0.4, 0.5) is 0 Å². The molecule has 104 valence electrons. The van der Waals surface area contributed by atoms with Crippen LogP contribution >= 0.6 is 11.3 Å². The van der Waals surface area contributed by atoms with Gasteiger partial charge in [0.1, 0.15) is 5.01 Å². The Balaban J connectivity index is 1.89. The SMILES string of the molecule is Cc1c(CNCc2nc(C(C)(C)C)cs2)cnn1C. The number of nitrogens with zero attached hydrogens (tertiary/aromatic N) is 3. The van der Waals surface area contributed by atoms with Crippen molar-refractivity contribution in [3.8, 4) is 0 Å². The summed E-state index contributed by atoms with van der Waals surface area (Å²) in [6.45, 7) is 10.3. The first kappa shape index (κ1) is 14.2. The molecule has 19 heavy (non-hydrogen) atoms. The summed E-state index contributed by atoms with van der Waals surface area (Å²) < 4.78 is 1.90. The Kier molecular flexibility index (Phi) is 4.06. The summed E-state index contributed by atoms with van der Waals surface area (Å²) in [5.74, 6) is 0. The normalized spacial score (nSPS) is 12.1. The van der Waals surface area contributed by atoms with Gasteiger partial charge in [0.2, 0.25) is 0 Å². The Hall–Kier alpha value is -1.20. The molecule has 0 fully saturated rings. The predicted octanol–water partition coefficient (Wildman–Crippen LogP) is 2.77. The van der Waals surface area contributed by atoms with Crippen molar-refractivity contribution in [3.63, 3.8) is 0 Å². The number of aromatic nitrogens is 3. The fourth-order valence-corrected chi connectivity index (χ4v) is 2.75. The number of hydrogen-bond acceptors (Lipinski definition) is 4. The highest BCUT2D eigenvalue weighted by Gasteiger charge is 2.17. The van der Waals surface area contributed by atoms with Crippen LogP contribution in [0, 0.1) is 6.92 Å². The zero-order valence-electron chi connectivity index (χ0n) is 12.3. The van der Waals surface area contributed by atoms with E-state index in [-0.39, 0.29) is 5.41 Å². The van der Waals surface area contributed by atoms with E-state index < -0.39 is 0 Å². The summed E-state index contributed by atoms with van der Waals surface area (Å²) in [5.41, 5.74) is 3.76. The molecule has 0 aliphatic rings. The second-order valence-electron chi connectivity index (χ2n) is 5.86. The molecule has 0 aromatic carbocycles. The molecule has 1 N–H and O–H groups in total. The van der Waals surface area contributed by atoms with Crippen LogP contribution in [0.5, 0.6) is 0 Å². The molecule has 2 heterocycles. The van der Waals surface area contributed by atoms with E-state index in [1.165, 1.54) is 17.0 Å². The van der Waals surface area contributed by atoms with E-state index in [4.69, 9.17) is 0 Å². The van der Waals surface area contributed by atoms with Crippen LogP contribution in [0.1, 0.15) is 42.7 Å². The minimum Gasteiger partial charge on any atom is -0.306 e. The maximum absolute atomic E-state index is 4.68. The van der Waals surface area contributed by atoms with Gasteiger partial charge in [-0.3, -0.25) is 4.68 Å². The van der Waals surface area contributed by atoms with Gasteiger partial charge in [-0.15, -0.1) is 11.3 Å². The Morgan fingerprint density at radius 2 is 2.05 bits per heavy atom. The number of thiazole rings is 1. The van der Waals surface area contributed by atoms with Crippen molar-refractivity contribution in [2.75, 3.05) is 0 Å². The third kappa shape index (κ3) is 3.42. The molecule has 0 aliphatic heterocycles. The third-order valence-electron chi connectivity index (χ3n) is 3.25. The molecule has 0 saturated carbocycles. The van der Waals surface area contributed by atoms with E-state index in [1.807, 2.05) is 17.9 Å². The number of nitrogens with one attached hydrogen (secondary N) is 1. The molecule has 0 aliphatic carbocycles. The van der Waals surface area contributed by atoms with E-state index in [1.54, 1.807) is 11.3 Å². The third-order valence-corrected chi connectivity index (χ3v) is 4.10. The molecule has 2 rings (SSSR count). The molecule has 0 saturated heterocycles. The van der Waals surface area contributed by atoms with Gasteiger partial charge in [-0.05, 0) is 6.92 Å². The van der Waals surface area contributed by atoms with Gasteiger partial charge in [0, 0.05) is 42.2 Å². The molecule has 0 atom stereocenters. The highest BCUT2D eigenvalue weighted by atomic mass is 32.1. The van der Waals surface area contributed by atoms with E-state index in [0.717, 1.165) is 18.1 Å². The van der Waals surface area contributed by atoms with E-state index in [9.17, 15) is 0 Å². The first-order chi connectivity index (χ1) is 8.88. The van der Waals surface area contributed by atoms with Crippen LogP contribution in [0.15, 0.2) is 11.6 Å². The maximum Gasteiger partial charge on any atom is 0.107 e. The molecule has 5 heteroatoms. The zero-order chi connectivity index (χ0) is 14.0. The van der Waals surface area contributed by atoms with E-state index >= 15 is 0 Å². The lowest BCUT2D eigenvalue weighted by atomic mass is 9.93. The first-order valence-corrected chi connectivity index (χ1v) is 7.39. The van der Waals surface area contributed by atoms with Gasteiger partial charge in [0.05, 0.1) is 11.9 Å². The molecule has 2 aromatic heterocycles. The van der Waals surface area contributed by atoms with Crippen LogP contribution in [-0.2, 0) is 25.6 Å². The summed E-state index contributed by atoms with van der Waals surface area (Å²) in [5, 5.41) is 11.0. The molecule has 0 spiro atoms. The molecule has 4 nitrogen and oxygen atoms in total. The Morgan fingerprint density at radius 3 is 2.58 bits per heavy atom. The lowest BCUT2D eigenvalue weighted by molar-refractivity contribution is 0.568. The molecule has 0 amide bonds. The van der Waals surface area contributed by atoms with Gasteiger partial charge in [-0.2, -0.15) is 5.10 Å². The molecule has 0 bridgehead atoms. The molecular weight excluding hydrogens is 256 g/mol. The highest BCUT2D eigenvalue weighted by molar-refractivity contribution is 7.09. The van der Waals surface area contributed by atoms with E-state index in [0.29, 0.717) is 0 Å². The number of rotatable bonds is 4. The smallest absolute Gasteiger partial charge is 0.107 e. The van der Waals surface area contributed by atoms with Gasteiger partial charge < -0.3 is 5.32 Å². The highest BCUT2D eigenvalue weighted by Crippen LogP contribution is 2.23. The summed E-state index contributed by atoms with van der Waals surface area (Å²) in [4.78, 5) is 4.68. The monoisotopic (exact) mass is 278 g/mol. The lowest BCUT2D eigenvalue weighted by Gasteiger charge is -2.14. The topological polar surface area (TPSA) is 42.7 Å². The molecule has 0 radical (unpaired) electrons. The zero-order valence-corrected chi connectivity index (χ0v) is 13.1. The van der Waals surface area contributed by atoms with E-state index in [2.05, 4.69) is 48.5 Å². The van der Waals surface area contributed by atoms with Gasteiger partial charge >= 0.3 is 0 Å². The predicted molar refractivity (Wildman–Crippen MR) is 79.3 cm³/mol. The summed E-state index contributed by atoms with van der Waals surface area (Å²) in [7, 11) is 1.97. The number of aryl methyl sites for hydroxylation is 1. The van der Waals surface area contributed by atoms with Gasteiger partial charge in [-0.25, -0.2) is 4.98 Å². The average Bonchev–Trinajstić information content (AvgIpc) is 2.90. The van der Waals surface area contributed by atoms with Crippen molar-refractivity contribution in [2.24, 2.45) is 7.05 Å². The molecule has 2 aromatic rings. The second-order valence-corrected chi connectivity index (χ2v) is 6.80. The largest absolute Gasteiger partial charge is 0.306 e. The molecular formula is C14H22N4S. The van der Waals surface area contributed by atoms with Crippen LogP contribution in [0.2, 0.25) is 0 Å². The van der Waals surface area contributed by atoms with Crippen molar-refractivity contribution in [3.05, 3.63) is 33.5 Å². The maximum atomic E-state index is 4.68. The van der Waals surface area contributed by atoms with Gasteiger partial charge in [0.15, 0.2) is 0 Å². The first-order valence-electron chi connectivity index (χ1n) is 6.51. The van der Waals surface area contributed by atoms with Gasteiger partial charge in [0.25, 0.3) is 0 Å². The van der Waals surface area contributed by atoms with Crippen LogP contribution in [0.25, 0.3) is 0 Å². The minimum absolute atomic E-state index is 0.134.